The molecule has 21 heavy (non-hydrogen) atoms. The van der Waals surface area contributed by atoms with Gasteiger partial charge in [-0.25, -0.2) is 14.8 Å². The predicted molar refractivity (Wildman–Crippen MR) is 63.2 cm³/mol. The highest BCUT2D eigenvalue weighted by molar-refractivity contribution is 5.96. The average molecular weight is 301 g/mol. The molecule has 2 rings (SSSR count). The van der Waals surface area contributed by atoms with E-state index in [-0.39, 0.29) is 29.4 Å². The van der Waals surface area contributed by atoms with Crippen LogP contribution in [0.2, 0.25) is 0 Å². The number of aromatic nitrogens is 3. The summed E-state index contributed by atoms with van der Waals surface area (Å²) in [6, 6.07) is 0. The van der Waals surface area contributed by atoms with E-state index in [1.54, 1.807) is 6.92 Å². The first-order chi connectivity index (χ1) is 9.84. The highest BCUT2D eigenvalue weighted by Crippen LogP contribution is 2.29. The first-order valence-corrected chi connectivity index (χ1v) is 5.87. The Morgan fingerprint density at radius 3 is 2.48 bits per heavy atom. The van der Waals surface area contributed by atoms with Crippen molar-refractivity contribution in [2.45, 2.75) is 20.0 Å². The van der Waals surface area contributed by atoms with Crippen LogP contribution in [0.1, 0.15) is 28.6 Å². The molecule has 0 fully saturated rings. The molecule has 0 N–H and O–H groups in total. The minimum Gasteiger partial charge on any atom is -0.462 e. The van der Waals surface area contributed by atoms with Crippen LogP contribution in [0, 0.1) is 6.92 Å². The maximum absolute atomic E-state index is 12.4. The van der Waals surface area contributed by atoms with Gasteiger partial charge in [0.15, 0.2) is 11.5 Å². The number of hydrogen-bond donors (Lipinski definition) is 0. The van der Waals surface area contributed by atoms with Gasteiger partial charge in [-0.15, -0.1) is 0 Å². The maximum atomic E-state index is 12.4. The van der Waals surface area contributed by atoms with Crippen molar-refractivity contribution in [2.24, 2.45) is 0 Å². The Morgan fingerprint density at radius 1 is 1.33 bits per heavy atom. The fourth-order valence-electron chi connectivity index (χ4n) is 1.57. The molecule has 0 aliphatic rings. The second-order valence-corrected chi connectivity index (χ2v) is 3.98. The molecule has 0 aliphatic heterocycles. The van der Waals surface area contributed by atoms with Gasteiger partial charge in [0.1, 0.15) is 11.3 Å². The van der Waals surface area contributed by atoms with Crippen molar-refractivity contribution in [2.75, 3.05) is 6.61 Å². The zero-order valence-corrected chi connectivity index (χ0v) is 11.1. The van der Waals surface area contributed by atoms with Crippen LogP contribution >= 0.6 is 0 Å². The fraction of sp³-hybridized carbons (Fsp3) is 0.333. The van der Waals surface area contributed by atoms with Crippen molar-refractivity contribution in [1.82, 2.24) is 15.1 Å². The Labute approximate surface area is 116 Å². The second-order valence-electron chi connectivity index (χ2n) is 3.98. The normalized spacial score (nSPS) is 11.5. The fourth-order valence-corrected chi connectivity index (χ4v) is 1.57. The van der Waals surface area contributed by atoms with Crippen LogP contribution in [0.25, 0.3) is 11.5 Å². The number of rotatable bonds is 3. The van der Waals surface area contributed by atoms with Gasteiger partial charge in [-0.05, 0) is 13.8 Å². The van der Waals surface area contributed by atoms with Gasteiger partial charge < -0.3 is 9.26 Å². The zero-order chi connectivity index (χ0) is 15.6. The van der Waals surface area contributed by atoms with E-state index < -0.39 is 17.7 Å². The highest BCUT2D eigenvalue weighted by Gasteiger charge is 2.32. The van der Waals surface area contributed by atoms with E-state index in [1.807, 2.05) is 0 Å². The van der Waals surface area contributed by atoms with E-state index in [2.05, 4.69) is 15.1 Å². The van der Waals surface area contributed by atoms with E-state index in [4.69, 9.17) is 9.26 Å². The van der Waals surface area contributed by atoms with Gasteiger partial charge in [0.2, 0.25) is 0 Å². The number of halogens is 3. The summed E-state index contributed by atoms with van der Waals surface area (Å²) in [4.78, 5) is 18.9. The van der Waals surface area contributed by atoms with Gasteiger partial charge in [0.05, 0.1) is 12.2 Å². The molecule has 2 aromatic heterocycles. The van der Waals surface area contributed by atoms with Gasteiger partial charge >= 0.3 is 12.1 Å². The van der Waals surface area contributed by atoms with Crippen molar-refractivity contribution in [3.8, 4) is 11.5 Å². The highest BCUT2D eigenvalue weighted by atomic mass is 19.4. The van der Waals surface area contributed by atoms with Crippen molar-refractivity contribution in [3.05, 3.63) is 29.3 Å². The van der Waals surface area contributed by atoms with Crippen LogP contribution in [0.4, 0.5) is 13.2 Å². The molecule has 0 aromatic carbocycles. The summed E-state index contributed by atoms with van der Waals surface area (Å²) in [7, 11) is 0. The van der Waals surface area contributed by atoms with Crippen LogP contribution in [-0.4, -0.2) is 27.7 Å². The van der Waals surface area contributed by atoms with Crippen LogP contribution in [-0.2, 0) is 10.9 Å². The van der Waals surface area contributed by atoms with E-state index >= 15 is 0 Å². The molecule has 0 bridgehead atoms. The first kappa shape index (κ1) is 14.9. The number of alkyl halides is 3. The summed E-state index contributed by atoms with van der Waals surface area (Å²) in [5.74, 6) is -0.676. The first-order valence-electron chi connectivity index (χ1n) is 5.87. The van der Waals surface area contributed by atoms with Crippen molar-refractivity contribution >= 4 is 5.97 Å². The van der Waals surface area contributed by atoms with Crippen molar-refractivity contribution < 1.29 is 27.2 Å². The van der Waals surface area contributed by atoms with E-state index in [9.17, 15) is 18.0 Å². The van der Waals surface area contributed by atoms with Crippen LogP contribution in [0.5, 0.6) is 0 Å². The molecule has 0 atom stereocenters. The van der Waals surface area contributed by atoms with Gasteiger partial charge in [0.25, 0.3) is 0 Å². The summed E-state index contributed by atoms with van der Waals surface area (Å²) < 4.78 is 47.0. The number of ether oxygens (including phenoxy) is 1. The quantitative estimate of drug-likeness (QED) is 0.811. The molecule has 0 saturated carbocycles. The molecule has 9 heteroatoms. The lowest BCUT2D eigenvalue weighted by molar-refractivity contribution is -0.138. The van der Waals surface area contributed by atoms with E-state index in [1.165, 1.54) is 6.92 Å². The van der Waals surface area contributed by atoms with Gasteiger partial charge in [-0.2, -0.15) is 13.2 Å². The topological polar surface area (TPSA) is 78.1 Å². The number of aryl methyl sites for hydroxylation is 1. The van der Waals surface area contributed by atoms with Crippen molar-refractivity contribution in [1.29, 1.82) is 0 Å². The summed E-state index contributed by atoms with van der Waals surface area (Å²) in [6.45, 7) is 3.23. The SMILES string of the molecule is CCOC(=O)c1c(-c2ncc(C(F)(F)F)cn2)noc1C. The third kappa shape index (κ3) is 3.01. The lowest BCUT2D eigenvalue weighted by atomic mass is 10.2. The standard InChI is InChI=1S/C12H10F3N3O3/c1-3-20-11(19)8-6(2)21-18-9(8)10-16-4-7(5-17-10)12(13,14)15/h4-5H,3H2,1-2H3. The molecule has 0 unspecified atom stereocenters. The molecule has 2 aromatic rings. The molecule has 0 amide bonds. The zero-order valence-electron chi connectivity index (χ0n) is 11.1. The molecule has 6 nitrogen and oxygen atoms in total. The monoisotopic (exact) mass is 301 g/mol. The Morgan fingerprint density at radius 2 is 1.95 bits per heavy atom. The lowest BCUT2D eigenvalue weighted by Crippen LogP contribution is -2.09. The van der Waals surface area contributed by atoms with E-state index in [0.717, 1.165) is 0 Å². The lowest BCUT2D eigenvalue weighted by Gasteiger charge is -2.05. The number of esters is 1. The minimum absolute atomic E-state index is 0.00314. The summed E-state index contributed by atoms with van der Waals surface area (Å²) >= 11 is 0. The Balaban J connectivity index is 2.41. The molecular formula is C12H10F3N3O3. The molecule has 0 radical (unpaired) electrons. The summed E-state index contributed by atoms with van der Waals surface area (Å²) in [6.07, 6.45) is -3.31. The summed E-state index contributed by atoms with van der Waals surface area (Å²) in [5.41, 5.74) is -1.06. The van der Waals surface area contributed by atoms with Gasteiger partial charge in [-0.3, -0.25) is 0 Å². The minimum atomic E-state index is -4.54. The number of carbonyl (C=O) groups is 1. The Kier molecular flexibility index (Phi) is 3.92. The van der Waals surface area contributed by atoms with Gasteiger partial charge in [0, 0.05) is 12.4 Å². The number of carbonyl (C=O) groups excluding carboxylic acids is 1. The predicted octanol–water partition coefficient (Wildman–Crippen LogP) is 2.64. The average Bonchev–Trinajstić information content (AvgIpc) is 2.80. The van der Waals surface area contributed by atoms with Crippen LogP contribution < -0.4 is 0 Å². The third-order valence-corrected chi connectivity index (χ3v) is 2.53. The molecule has 2 heterocycles. The van der Waals surface area contributed by atoms with Crippen molar-refractivity contribution in [3.63, 3.8) is 0 Å². The van der Waals surface area contributed by atoms with Crippen LogP contribution in [0.15, 0.2) is 16.9 Å². The molecule has 0 aliphatic carbocycles. The maximum Gasteiger partial charge on any atom is 0.419 e. The molecular weight excluding hydrogens is 291 g/mol. The Bertz CT molecular complexity index is 650. The number of hydrogen-bond acceptors (Lipinski definition) is 6. The van der Waals surface area contributed by atoms with E-state index in [0.29, 0.717) is 12.4 Å². The second kappa shape index (κ2) is 5.51. The largest absolute Gasteiger partial charge is 0.462 e. The molecule has 112 valence electrons. The number of nitrogens with zero attached hydrogens (tertiary/aromatic N) is 3. The van der Waals surface area contributed by atoms with Crippen LogP contribution in [0.3, 0.4) is 0 Å². The molecule has 0 spiro atoms. The summed E-state index contributed by atoms with van der Waals surface area (Å²) in [5, 5.41) is 3.60. The smallest absolute Gasteiger partial charge is 0.419 e. The van der Waals surface area contributed by atoms with Gasteiger partial charge in [-0.1, -0.05) is 5.16 Å². The molecule has 0 saturated heterocycles. The third-order valence-electron chi connectivity index (χ3n) is 2.53. The Hall–Kier alpha value is -2.45.